The second kappa shape index (κ2) is 7.88. The van der Waals surface area contributed by atoms with Gasteiger partial charge in [-0.1, -0.05) is 91.0 Å². The van der Waals surface area contributed by atoms with E-state index >= 15 is 0 Å². The zero-order valence-electron chi connectivity index (χ0n) is 20.1. The molecule has 7 aromatic rings. The molecule has 8 rings (SSSR count). The van der Waals surface area contributed by atoms with E-state index in [9.17, 15) is 5.11 Å². The van der Waals surface area contributed by atoms with Gasteiger partial charge in [-0.25, -0.2) is 14.5 Å². The summed E-state index contributed by atoms with van der Waals surface area (Å²) in [7, 11) is 0. The number of hydrogen-bond donors (Lipinski definition) is 1. The van der Waals surface area contributed by atoms with Crippen LogP contribution in [0.3, 0.4) is 0 Å². The highest BCUT2D eigenvalue weighted by molar-refractivity contribution is 5.92. The molecule has 6 heteroatoms. The van der Waals surface area contributed by atoms with Crippen molar-refractivity contribution in [3.63, 3.8) is 0 Å². The molecule has 1 aliphatic rings. The van der Waals surface area contributed by atoms with Crippen molar-refractivity contribution in [3.05, 3.63) is 126 Å². The molecule has 5 aromatic carbocycles. The van der Waals surface area contributed by atoms with Crippen molar-refractivity contribution in [1.82, 2.24) is 19.6 Å². The number of rotatable bonds is 2. The van der Waals surface area contributed by atoms with Crippen molar-refractivity contribution in [1.29, 1.82) is 0 Å². The molecule has 1 atom stereocenters. The molecule has 180 valence electrons. The second-order valence-electron chi connectivity index (χ2n) is 9.53. The summed E-state index contributed by atoms with van der Waals surface area (Å²) in [6.07, 6.45) is 1.63. The smallest absolute Gasteiger partial charge is 0.228 e. The fraction of sp³-hybridized carbons (Fsp3) is 0.0312. The normalized spacial score (nSPS) is 14.4. The highest BCUT2D eigenvalue weighted by Gasteiger charge is 2.34. The lowest BCUT2D eigenvalue weighted by atomic mass is 9.83. The van der Waals surface area contributed by atoms with Crippen LogP contribution in [-0.4, -0.2) is 24.7 Å². The molecular formula is C32H20N4O2. The SMILES string of the molecule is Oc1cc2ccccc2cc1-c1nc2c3c(ncn2n1)Oc1c(ccc2ccccc12)C3c1ccccc1. The van der Waals surface area contributed by atoms with E-state index in [1.165, 1.54) is 0 Å². The van der Waals surface area contributed by atoms with Gasteiger partial charge in [-0.05, 0) is 33.9 Å². The highest BCUT2D eigenvalue weighted by Crippen LogP contribution is 2.50. The van der Waals surface area contributed by atoms with Gasteiger partial charge >= 0.3 is 0 Å². The molecule has 2 aromatic heterocycles. The molecule has 1 N–H and O–H groups in total. The van der Waals surface area contributed by atoms with Gasteiger partial charge in [-0.2, -0.15) is 0 Å². The number of aromatic hydroxyl groups is 1. The molecule has 3 heterocycles. The van der Waals surface area contributed by atoms with Gasteiger partial charge in [0.25, 0.3) is 0 Å². The van der Waals surface area contributed by atoms with E-state index in [-0.39, 0.29) is 11.7 Å². The molecule has 0 saturated heterocycles. The molecule has 0 radical (unpaired) electrons. The first-order chi connectivity index (χ1) is 18.7. The lowest BCUT2D eigenvalue weighted by Gasteiger charge is -2.28. The molecule has 6 nitrogen and oxygen atoms in total. The summed E-state index contributed by atoms with van der Waals surface area (Å²) >= 11 is 0. The summed E-state index contributed by atoms with van der Waals surface area (Å²) in [6, 6.07) is 34.4. The third-order valence-electron chi connectivity index (χ3n) is 7.33. The number of ether oxygens (including phenoxy) is 1. The summed E-state index contributed by atoms with van der Waals surface area (Å²) in [4.78, 5) is 9.63. The van der Waals surface area contributed by atoms with Crippen LogP contribution < -0.4 is 4.74 Å². The van der Waals surface area contributed by atoms with Gasteiger partial charge in [0.05, 0.1) is 11.1 Å². The molecular weight excluding hydrogens is 472 g/mol. The Bertz CT molecular complexity index is 2030. The van der Waals surface area contributed by atoms with E-state index in [1.807, 2.05) is 60.7 Å². The van der Waals surface area contributed by atoms with Crippen molar-refractivity contribution in [3.8, 4) is 28.8 Å². The maximum Gasteiger partial charge on any atom is 0.228 e. The van der Waals surface area contributed by atoms with E-state index in [1.54, 1.807) is 16.9 Å². The van der Waals surface area contributed by atoms with Crippen molar-refractivity contribution in [2.45, 2.75) is 5.92 Å². The number of fused-ring (bicyclic) bond motifs is 7. The molecule has 0 spiro atoms. The molecule has 1 unspecified atom stereocenters. The molecule has 0 amide bonds. The Morgan fingerprint density at radius 3 is 2.34 bits per heavy atom. The van der Waals surface area contributed by atoms with Crippen LogP contribution in [-0.2, 0) is 0 Å². The third-order valence-corrected chi connectivity index (χ3v) is 7.33. The minimum Gasteiger partial charge on any atom is -0.507 e. The van der Waals surface area contributed by atoms with Gasteiger partial charge in [0.15, 0.2) is 11.5 Å². The molecule has 38 heavy (non-hydrogen) atoms. The number of benzene rings is 5. The maximum absolute atomic E-state index is 10.9. The lowest BCUT2D eigenvalue weighted by molar-refractivity contribution is 0.437. The van der Waals surface area contributed by atoms with Crippen LogP contribution >= 0.6 is 0 Å². The van der Waals surface area contributed by atoms with E-state index < -0.39 is 0 Å². The largest absolute Gasteiger partial charge is 0.507 e. The van der Waals surface area contributed by atoms with E-state index in [4.69, 9.17) is 14.8 Å². The first kappa shape index (κ1) is 20.9. The average Bonchev–Trinajstić information content (AvgIpc) is 3.40. The zero-order valence-corrected chi connectivity index (χ0v) is 20.1. The lowest BCUT2D eigenvalue weighted by Crippen LogP contribution is -2.15. The van der Waals surface area contributed by atoms with E-state index in [0.717, 1.165) is 44.0 Å². The Balaban J connectivity index is 1.39. The summed E-state index contributed by atoms with van der Waals surface area (Å²) in [6.45, 7) is 0. The Morgan fingerprint density at radius 2 is 1.50 bits per heavy atom. The monoisotopic (exact) mass is 492 g/mol. The second-order valence-corrected chi connectivity index (χ2v) is 9.53. The van der Waals surface area contributed by atoms with Gasteiger partial charge < -0.3 is 9.84 Å². The van der Waals surface area contributed by atoms with Gasteiger partial charge in [0.1, 0.15) is 17.8 Å². The van der Waals surface area contributed by atoms with Crippen molar-refractivity contribution in [2.24, 2.45) is 0 Å². The maximum atomic E-state index is 10.9. The van der Waals surface area contributed by atoms with Crippen LogP contribution in [0.1, 0.15) is 22.6 Å². The number of aromatic nitrogens is 4. The Morgan fingerprint density at radius 1 is 0.763 bits per heavy atom. The molecule has 0 fully saturated rings. The summed E-state index contributed by atoms with van der Waals surface area (Å²) in [5.41, 5.74) is 4.23. The Labute approximate surface area is 217 Å². The topological polar surface area (TPSA) is 72.5 Å². The fourth-order valence-electron chi connectivity index (χ4n) is 5.56. The third kappa shape index (κ3) is 3.04. The molecule has 0 aliphatic carbocycles. The number of phenols is 1. The van der Waals surface area contributed by atoms with E-state index in [2.05, 4.69) is 41.4 Å². The van der Waals surface area contributed by atoms with Gasteiger partial charge in [-0.15, -0.1) is 5.10 Å². The number of hydrogen-bond acceptors (Lipinski definition) is 5. The predicted molar refractivity (Wildman–Crippen MR) is 147 cm³/mol. The van der Waals surface area contributed by atoms with Crippen LogP contribution in [0, 0.1) is 0 Å². The van der Waals surface area contributed by atoms with Crippen LogP contribution in [0.2, 0.25) is 0 Å². The van der Waals surface area contributed by atoms with Crippen molar-refractivity contribution < 1.29 is 9.84 Å². The summed E-state index contributed by atoms with van der Waals surface area (Å²) in [5, 5.41) is 19.7. The Hall–Kier alpha value is -5.23. The van der Waals surface area contributed by atoms with Crippen molar-refractivity contribution >= 4 is 27.2 Å². The quantitative estimate of drug-likeness (QED) is 0.279. The minimum atomic E-state index is -0.155. The fourth-order valence-corrected chi connectivity index (χ4v) is 5.56. The van der Waals surface area contributed by atoms with Crippen LogP contribution in [0.5, 0.6) is 17.4 Å². The van der Waals surface area contributed by atoms with Gasteiger partial charge in [0, 0.05) is 16.9 Å². The molecule has 0 saturated carbocycles. The Kier molecular flexibility index (Phi) is 4.34. The molecule has 1 aliphatic heterocycles. The van der Waals surface area contributed by atoms with E-state index in [0.29, 0.717) is 22.9 Å². The summed E-state index contributed by atoms with van der Waals surface area (Å²) < 4.78 is 8.18. The summed E-state index contributed by atoms with van der Waals surface area (Å²) in [5.74, 6) is 1.73. The van der Waals surface area contributed by atoms with Crippen LogP contribution in [0.15, 0.2) is 109 Å². The standard InChI is InChI=1S/C32H20N4O2/c37-26-17-22-12-5-4-11-21(22)16-25(26)30-34-31-28-27(20-9-2-1-3-10-20)24-15-14-19-8-6-7-13-23(19)29(24)38-32(28)33-18-36(31)35-30/h1-18,27,37H. The minimum absolute atomic E-state index is 0.133. The number of nitrogens with zero attached hydrogens (tertiary/aromatic N) is 4. The number of phenolic OH excluding ortho intramolecular Hbond substituents is 1. The average molecular weight is 493 g/mol. The molecule has 0 bridgehead atoms. The van der Waals surface area contributed by atoms with Gasteiger partial charge in [-0.3, -0.25) is 0 Å². The zero-order chi connectivity index (χ0) is 25.2. The first-order valence-electron chi connectivity index (χ1n) is 12.5. The van der Waals surface area contributed by atoms with Crippen molar-refractivity contribution in [2.75, 3.05) is 0 Å². The predicted octanol–water partition coefficient (Wildman–Crippen LogP) is 7.09. The van der Waals surface area contributed by atoms with Crippen LogP contribution in [0.25, 0.3) is 38.6 Å². The van der Waals surface area contributed by atoms with Gasteiger partial charge in [0.2, 0.25) is 5.88 Å². The first-order valence-corrected chi connectivity index (χ1v) is 12.5. The van der Waals surface area contributed by atoms with Crippen LogP contribution in [0.4, 0.5) is 0 Å². The highest BCUT2D eigenvalue weighted by atomic mass is 16.5.